The number of fused-ring (bicyclic) bond motifs is 3. The van der Waals surface area contributed by atoms with Crippen molar-refractivity contribution in [1.29, 1.82) is 0 Å². The van der Waals surface area contributed by atoms with Gasteiger partial charge in [0.2, 0.25) is 6.23 Å². The number of benzene rings is 3. The smallest absolute Gasteiger partial charge is 0.213 e. The van der Waals surface area contributed by atoms with Crippen LogP contribution in [0.5, 0.6) is 11.5 Å². The zero-order chi connectivity index (χ0) is 21.5. The van der Waals surface area contributed by atoms with Gasteiger partial charge >= 0.3 is 0 Å². The molecule has 2 heterocycles. The minimum atomic E-state index is -0.273. The molecule has 158 valence electrons. The summed E-state index contributed by atoms with van der Waals surface area (Å²) in [5.74, 6) is 1.76. The maximum atomic E-state index is 6.47. The lowest BCUT2D eigenvalue weighted by Crippen LogP contribution is -2.33. The monoisotopic (exact) mass is 477 g/mol. The maximum Gasteiger partial charge on any atom is 0.213 e. The van der Waals surface area contributed by atoms with Gasteiger partial charge in [0.05, 0.1) is 18.9 Å². The van der Waals surface area contributed by atoms with Gasteiger partial charge in [-0.2, -0.15) is 5.10 Å². The number of ether oxygens (including phenoxy) is 2. The van der Waals surface area contributed by atoms with E-state index >= 15 is 0 Å². The molecule has 0 amide bonds. The molecule has 0 fully saturated rings. The van der Waals surface area contributed by atoms with E-state index in [-0.39, 0.29) is 12.3 Å². The van der Waals surface area contributed by atoms with Gasteiger partial charge in [0.15, 0.2) is 0 Å². The van der Waals surface area contributed by atoms with Crippen LogP contribution in [0.4, 0.5) is 5.69 Å². The van der Waals surface area contributed by atoms with Gasteiger partial charge in [-0.3, -0.25) is 0 Å². The van der Waals surface area contributed by atoms with Crippen LogP contribution in [0, 0.1) is 0 Å². The quantitative estimate of drug-likeness (QED) is 0.478. The number of halogens is 1. The molecule has 2 atom stereocenters. The Balaban J connectivity index is 1.55. The third-order valence-corrected chi connectivity index (χ3v) is 6.36. The van der Waals surface area contributed by atoms with Gasteiger partial charge in [0.25, 0.3) is 0 Å². The average Bonchev–Trinajstić information content (AvgIpc) is 3.24. The summed E-state index contributed by atoms with van der Waals surface area (Å²) in [7, 11) is 5.77. The summed E-state index contributed by atoms with van der Waals surface area (Å²) in [6, 6.07) is 22.9. The van der Waals surface area contributed by atoms with Gasteiger partial charge in [-0.25, -0.2) is 5.01 Å². The summed E-state index contributed by atoms with van der Waals surface area (Å²) in [4.78, 5) is 2.09. The molecule has 31 heavy (non-hydrogen) atoms. The number of hydrogen-bond donors (Lipinski definition) is 0. The van der Waals surface area contributed by atoms with E-state index in [1.165, 1.54) is 0 Å². The third-order valence-electron chi connectivity index (χ3n) is 5.87. The molecule has 0 saturated heterocycles. The molecule has 5 nitrogen and oxygen atoms in total. The third kappa shape index (κ3) is 3.65. The largest absolute Gasteiger partial charge is 0.497 e. The second kappa shape index (κ2) is 7.93. The molecule has 0 spiro atoms. The highest BCUT2D eigenvalue weighted by Crippen LogP contribution is 2.48. The van der Waals surface area contributed by atoms with Gasteiger partial charge < -0.3 is 14.4 Å². The van der Waals surface area contributed by atoms with Crippen LogP contribution in [-0.2, 0) is 0 Å². The number of nitrogens with zero attached hydrogens (tertiary/aromatic N) is 3. The van der Waals surface area contributed by atoms with Crippen molar-refractivity contribution >= 4 is 27.3 Å². The molecule has 3 aromatic carbocycles. The predicted molar refractivity (Wildman–Crippen MR) is 127 cm³/mol. The Kier molecular flexibility index (Phi) is 5.10. The molecule has 0 unspecified atom stereocenters. The summed E-state index contributed by atoms with van der Waals surface area (Å²) in [6.07, 6.45) is 0.552. The Morgan fingerprint density at radius 2 is 1.77 bits per heavy atom. The zero-order valence-electron chi connectivity index (χ0n) is 17.7. The van der Waals surface area contributed by atoms with Crippen molar-refractivity contribution in [1.82, 2.24) is 5.01 Å². The molecular weight excluding hydrogens is 454 g/mol. The second-order valence-corrected chi connectivity index (χ2v) is 8.93. The van der Waals surface area contributed by atoms with Crippen molar-refractivity contribution < 1.29 is 9.47 Å². The van der Waals surface area contributed by atoms with Crippen LogP contribution in [0.25, 0.3) is 0 Å². The van der Waals surface area contributed by atoms with Crippen molar-refractivity contribution in [3.8, 4) is 11.5 Å². The average molecular weight is 478 g/mol. The summed E-state index contributed by atoms with van der Waals surface area (Å²) in [5, 5.41) is 7.15. The van der Waals surface area contributed by atoms with Crippen LogP contribution in [-0.4, -0.2) is 31.9 Å². The van der Waals surface area contributed by atoms with Crippen LogP contribution in [0.2, 0.25) is 0 Å². The highest BCUT2D eigenvalue weighted by Gasteiger charge is 2.41. The van der Waals surface area contributed by atoms with Crippen molar-refractivity contribution in [3.63, 3.8) is 0 Å². The molecule has 0 bridgehead atoms. The van der Waals surface area contributed by atoms with E-state index in [0.29, 0.717) is 0 Å². The van der Waals surface area contributed by atoms with Crippen molar-refractivity contribution in [2.24, 2.45) is 5.10 Å². The van der Waals surface area contributed by atoms with Gasteiger partial charge in [0.1, 0.15) is 11.5 Å². The molecule has 6 heteroatoms. The van der Waals surface area contributed by atoms with E-state index in [1.807, 2.05) is 38.4 Å². The van der Waals surface area contributed by atoms with Crippen LogP contribution in [0.15, 0.2) is 76.3 Å². The Labute approximate surface area is 191 Å². The van der Waals surface area contributed by atoms with Crippen molar-refractivity contribution in [3.05, 3.63) is 87.9 Å². The SMILES string of the molecule is COc1ccc(C2=NN3[C@H](C2)c2cc(Br)ccc2O[C@H]3c2ccc(N(C)C)cc2)cc1. The van der Waals surface area contributed by atoms with Crippen molar-refractivity contribution in [2.75, 3.05) is 26.1 Å². The van der Waals surface area contributed by atoms with Crippen molar-refractivity contribution in [2.45, 2.75) is 18.7 Å². The van der Waals surface area contributed by atoms with Gasteiger partial charge in [-0.1, -0.05) is 28.1 Å². The molecule has 0 aliphatic carbocycles. The fraction of sp³-hybridized carbons (Fsp3) is 0.240. The molecule has 0 saturated carbocycles. The number of hydrazone groups is 1. The number of anilines is 1. The number of hydrogen-bond acceptors (Lipinski definition) is 5. The molecule has 0 N–H and O–H groups in total. The highest BCUT2D eigenvalue weighted by molar-refractivity contribution is 9.10. The summed E-state index contributed by atoms with van der Waals surface area (Å²) >= 11 is 3.61. The first-order valence-electron chi connectivity index (χ1n) is 10.3. The first-order chi connectivity index (χ1) is 15.0. The molecule has 0 aromatic heterocycles. The first kappa shape index (κ1) is 19.9. The lowest BCUT2D eigenvalue weighted by atomic mass is 9.96. The molecule has 0 radical (unpaired) electrons. The summed E-state index contributed by atoms with van der Waals surface area (Å²) in [5.41, 5.74) is 5.56. The molecule has 2 aliphatic heterocycles. The summed E-state index contributed by atoms with van der Waals surface area (Å²) in [6.45, 7) is 0. The zero-order valence-corrected chi connectivity index (χ0v) is 19.3. The lowest BCUT2D eigenvalue weighted by Gasteiger charge is -2.38. The van der Waals surface area contributed by atoms with Crippen LogP contribution < -0.4 is 14.4 Å². The summed E-state index contributed by atoms with van der Waals surface area (Å²) < 4.78 is 12.8. The molecule has 2 aliphatic rings. The second-order valence-electron chi connectivity index (χ2n) is 8.01. The van der Waals surface area contributed by atoms with E-state index in [4.69, 9.17) is 14.6 Å². The Bertz CT molecular complexity index is 1130. The standard InChI is InChI=1S/C25H24BrN3O2/c1-28(2)19-9-4-17(5-10-19)25-29-23(21-14-18(26)8-13-24(21)31-25)15-22(27-29)16-6-11-20(30-3)12-7-16/h4-14,23,25H,15H2,1-3H3/t23-,25+/m1/s1. The van der Waals surface area contributed by atoms with Gasteiger partial charge in [0, 0.05) is 41.8 Å². The van der Waals surface area contributed by atoms with Gasteiger partial charge in [-0.05, 0) is 60.2 Å². The minimum absolute atomic E-state index is 0.122. The Morgan fingerprint density at radius 3 is 2.45 bits per heavy atom. The normalized spacial score (nSPS) is 19.2. The number of methoxy groups -OCH3 is 1. The first-order valence-corrected chi connectivity index (χ1v) is 11.1. The van der Waals surface area contributed by atoms with E-state index in [1.54, 1.807) is 7.11 Å². The van der Waals surface area contributed by atoms with E-state index < -0.39 is 0 Å². The van der Waals surface area contributed by atoms with E-state index in [9.17, 15) is 0 Å². The topological polar surface area (TPSA) is 37.3 Å². The van der Waals surface area contributed by atoms with Crippen LogP contribution >= 0.6 is 15.9 Å². The lowest BCUT2D eigenvalue weighted by molar-refractivity contribution is -0.0190. The predicted octanol–water partition coefficient (Wildman–Crippen LogP) is 5.77. The fourth-order valence-corrected chi connectivity index (χ4v) is 4.55. The van der Waals surface area contributed by atoms with E-state index in [2.05, 4.69) is 68.3 Å². The molecule has 3 aromatic rings. The highest BCUT2D eigenvalue weighted by atomic mass is 79.9. The number of rotatable bonds is 4. The molecule has 5 rings (SSSR count). The maximum absolute atomic E-state index is 6.47. The van der Waals surface area contributed by atoms with E-state index in [0.717, 1.165) is 50.5 Å². The van der Waals surface area contributed by atoms with Crippen LogP contribution in [0.1, 0.15) is 35.4 Å². The molecular formula is C25H24BrN3O2. The van der Waals surface area contributed by atoms with Gasteiger partial charge in [-0.15, -0.1) is 0 Å². The Hall–Kier alpha value is -2.99. The Morgan fingerprint density at radius 1 is 1.03 bits per heavy atom. The minimum Gasteiger partial charge on any atom is -0.497 e. The van der Waals surface area contributed by atoms with Crippen LogP contribution in [0.3, 0.4) is 0 Å². The fourth-order valence-electron chi connectivity index (χ4n) is 4.17.